The Morgan fingerprint density at radius 2 is 1.93 bits per heavy atom. The van der Waals surface area contributed by atoms with Crippen molar-refractivity contribution in [2.24, 2.45) is 0 Å². The van der Waals surface area contributed by atoms with Gasteiger partial charge in [0.05, 0.1) is 19.5 Å². The average molecular weight is 572 g/mol. The largest absolute Gasteiger partial charge is 0.355 e. The van der Waals surface area contributed by atoms with Crippen LogP contribution >= 0.6 is 0 Å². The van der Waals surface area contributed by atoms with Gasteiger partial charge < -0.3 is 9.80 Å². The number of hydrogen-bond donors (Lipinski definition) is 0. The SMILES string of the molecule is [2H]C([2H])=Cc1ccccc1-c1nc2c(cc1F)c(N1[C@@H](C)CN(C(=O)C=C)C[C@@H]1C)nc(=O)n2-c1c(C([2H])([2H])[2H])ccnc1C(C)C. The van der Waals surface area contributed by atoms with Gasteiger partial charge in [0.1, 0.15) is 17.3 Å². The Kier molecular flexibility index (Phi) is 6.19. The number of pyridine rings is 2. The second-order valence-electron chi connectivity index (χ2n) is 10.8. The molecule has 216 valence electrons. The van der Waals surface area contributed by atoms with Crippen LogP contribution in [0.1, 0.15) is 57.3 Å². The quantitative estimate of drug-likeness (QED) is 0.278. The van der Waals surface area contributed by atoms with E-state index in [0.29, 0.717) is 24.3 Å². The van der Waals surface area contributed by atoms with E-state index >= 15 is 4.39 Å². The number of aromatic nitrogens is 4. The summed E-state index contributed by atoms with van der Waals surface area (Å²) in [6.07, 6.45) is 3.87. The molecule has 4 aromatic rings. The molecule has 1 aliphatic heterocycles. The third-order valence-corrected chi connectivity index (χ3v) is 7.55. The van der Waals surface area contributed by atoms with Crippen LogP contribution in [0.3, 0.4) is 0 Å². The maximum absolute atomic E-state index is 16.3. The van der Waals surface area contributed by atoms with E-state index in [2.05, 4.69) is 16.5 Å². The summed E-state index contributed by atoms with van der Waals surface area (Å²) in [4.78, 5) is 43.8. The zero-order chi connectivity index (χ0) is 34.4. The molecular formula is C33H35FN6O2. The predicted molar refractivity (Wildman–Crippen MR) is 165 cm³/mol. The molecule has 0 N–H and O–H groups in total. The third-order valence-electron chi connectivity index (χ3n) is 7.55. The molecule has 0 radical (unpaired) electrons. The second-order valence-corrected chi connectivity index (χ2v) is 10.8. The highest BCUT2D eigenvalue weighted by molar-refractivity contribution is 5.92. The Morgan fingerprint density at radius 1 is 1.19 bits per heavy atom. The normalized spacial score (nSPS) is 19.0. The van der Waals surface area contributed by atoms with E-state index in [0.717, 1.165) is 4.57 Å². The van der Waals surface area contributed by atoms with Crippen LogP contribution in [0.5, 0.6) is 0 Å². The molecular weight excluding hydrogens is 531 g/mol. The summed E-state index contributed by atoms with van der Waals surface area (Å²) in [7, 11) is 0. The fraction of sp³-hybridized carbons (Fsp3) is 0.303. The highest BCUT2D eigenvalue weighted by Crippen LogP contribution is 2.35. The van der Waals surface area contributed by atoms with Gasteiger partial charge in [0.2, 0.25) is 5.91 Å². The Balaban J connectivity index is 1.91. The van der Waals surface area contributed by atoms with Gasteiger partial charge in [-0.2, -0.15) is 4.98 Å². The summed E-state index contributed by atoms with van der Waals surface area (Å²) in [6.45, 7) is 8.38. The van der Waals surface area contributed by atoms with Crippen molar-refractivity contribution in [2.75, 3.05) is 18.0 Å². The first kappa shape index (κ1) is 23.0. The van der Waals surface area contributed by atoms with Crippen molar-refractivity contribution in [3.63, 3.8) is 0 Å². The molecule has 5 rings (SSSR count). The van der Waals surface area contributed by atoms with Gasteiger partial charge >= 0.3 is 5.69 Å². The number of carbonyl (C=O) groups excluding carboxylic acids is 1. The minimum Gasteiger partial charge on any atom is -0.347 e. The first-order valence-electron chi connectivity index (χ1n) is 16.2. The van der Waals surface area contributed by atoms with E-state index in [1.807, 2.05) is 32.6 Å². The van der Waals surface area contributed by atoms with Gasteiger partial charge in [-0.05, 0) is 56.0 Å². The topological polar surface area (TPSA) is 84.2 Å². The lowest BCUT2D eigenvalue weighted by molar-refractivity contribution is -0.127. The lowest BCUT2D eigenvalue weighted by Crippen LogP contribution is -2.58. The van der Waals surface area contributed by atoms with Gasteiger partial charge in [-0.1, -0.05) is 57.3 Å². The number of hydrogen-bond acceptors (Lipinski definition) is 6. The van der Waals surface area contributed by atoms with Gasteiger partial charge in [-0.15, -0.1) is 0 Å². The average Bonchev–Trinajstić information content (AvgIpc) is 2.99. The van der Waals surface area contributed by atoms with E-state index in [1.54, 1.807) is 29.2 Å². The molecule has 0 saturated carbocycles. The zero-order valence-electron chi connectivity index (χ0n) is 28.9. The van der Waals surface area contributed by atoms with Gasteiger partial charge in [0.15, 0.2) is 5.65 Å². The maximum Gasteiger partial charge on any atom is 0.355 e. The molecule has 42 heavy (non-hydrogen) atoms. The molecule has 1 fully saturated rings. The summed E-state index contributed by atoms with van der Waals surface area (Å²) < 4.78 is 57.7. The van der Waals surface area contributed by atoms with Crippen molar-refractivity contribution in [1.82, 2.24) is 24.4 Å². The highest BCUT2D eigenvalue weighted by Gasteiger charge is 2.34. The maximum atomic E-state index is 16.3. The Bertz CT molecular complexity index is 1960. The number of benzene rings is 1. The van der Waals surface area contributed by atoms with Crippen LogP contribution in [0.2, 0.25) is 0 Å². The predicted octanol–water partition coefficient (Wildman–Crippen LogP) is 5.67. The molecule has 2 atom stereocenters. The van der Waals surface area contributed by atoms with Crippen LogP contribution < -0.4 is 10.6 Å². The molecule has 0 spiro atoms. The number of piperazine rings is 1. The fourth-order valence-corrected chi connectivity index (χ4v) is 5.71. The van der Waals surface area contributed by atoms with Gasteiger partial charge in [0.25, 0.3) is 0 Å². The molecule has 0 bridgehead atoms. The van der Waals surface area contributed by atoms with Crippen molar-refractivity contribution >= 4 is 28.8 Å². The summed E-state index contributed by atoms with van der Waals surface area (Å²) in [5.74, 6) is -1.17. The number of rotatable bonds is 6. The Morgan fingerprint density at radius 3 is 2.60 bits per heavy atom. The molecule has 0 unspecified atom stereocenters. The van der Waals surface area contributed by atoms with Crippen LogP contribution in [0.4, 0.5) is 10.2 Å². The zero-order valence-corrected chi connectivity index (χ0v) is 23.9. The summed E-state index contributed by atoms with van der Waals surface area (Å²) in [6, 6.07) is 8.40. The number of fused-ring (bicyclic) bond motifs is 1. The lowest BCUT2D eigenvalue weighted by Gasteiger charge is -2.45. The van der Waals surface area contributed by atoms with E-state index in [1.165, 1.54) is 30.5 Å². The summed E-state index contributed by atoms with van der Waals surface area (Å²) in [5, 5.41) is 0.151. The number of anilines is 1. The minimum absolute atomic E-state index is 0.00288. The van der Waals surface area contributed by atoms with E-state index in [4.69, 9.17) is 11.8 Å². The van der Waals surface area contributed by atoms with Gasteiger partial charge in [-0.3, -0.25) is 9.78 Å². The molecule has 1 amide bonds. The van der Waals surface area contributed by atoms with E-state index < -0.39 is 24.9 Å². The summed E-state index contributed by atoms with van der Waals surface area (Å²) in [5.41, 5.74) is -0.243. The number of aryl methyl sites for hydroxylation is 1. The molecule has 1 saturated heterocycles. The fourth-order valence-electron chi connectivity index (χ4n) is 5.71. The van der Waals surface area contributed by atoms with Gasteiger partial charge in [-0.25, -0.2) is 18.7 Å². The number of nitrogens with zero attached hydrogens (tertiary/aromatic N) is 6. The minimum atomic E-state index is -2.65. The molecule has 9 heteroatoms. The Labute approximate surface area is 251 Å². The summed E-state index contributed by atoms with van der Waals surface area (Å²) >= 11 is 0. The standard InChI is InChI=1S/C33H35FN6O2/c1-8-23-12-10-11-13-24(23)29-26(34)16-25-31(36-29)40(30-20(5)14-15-35-28(30)19(3)4)33(42)37-32(25)39-21(6)17-38(18-22(39)7)27(41)9-2/h8-16,19,21-22H,1-2,17-18H2,3-7H3/t21-,22-/m0/s1/i1D2,5D3. The molecule has 0 aliphatic carbocycles. The van der Waals surface area contributed by atoms with Crippen LogP contribution in [0.25, 0.3) is 34.1 Å². The molecule has 1 aromatic carbocycles. The molecule has 1 aliphatic rings. The third kappa shape index (κ3) is 4.89. The Hall–Kier alpha value is -4.66. The second kappa shape index (κ2) is 11.3. The van der Waals surface area contributed by atoms with Crippen LogP contribution in [0, 0.1) is 12.7 Å². The smallest absolute Gasteiger partial charge is 0.347 e. The van der Waals surface area contributed by atoms with E-state index in [-0.39, 0.29) is 63.3 Å². The number of amides is 1. The van der Waals surface area contributed by atoms with Crippen LogP contribution in [-0.2, 0) is 4.79 Å². The number of halogens is 1. The van der Waals surface area contributed by atoms with Crippen molar-refractivity contribution < 1.29 is 16.0 Å². The van der Waals surface area contributed by atoms with Crippen molar-refractivity contribution in [1.29, 1.82) is 0 Å². The molecule has 4 heterocycles. The van der Waals surface area contributed by atoms with Crippen LogP contribution in [0.15, 0.2) is 66.6 Å². The first-order valence-corrected chi connectivity index (χ1v) is 13.7. The van der Waals surface area contributed by atoms with Crippen molar-refractivity contribution in [3.8, 4) is 16.9 Å². The monoisotopic (exact) mass is 571 g/mol. The van der Waals surface area contributed by atoms with Crippen molar-refractivity contribution in [3.05, 3.63) is 94.9 Å². The molecule has 8 nitrogen and oxygen atoms in total. The lowest BCUT2D eigenvalue weighted by atomic mass is 10.0. The van der Waals surface area contributed by atoms with Crippen molar-refractivity contribution in [2.45, 2.75) is 52.5 Å². The van der Waals surface area contributed by atoms with Crippen LogP contribution in [-0.4, -0.2) is 55.5 Å². The highest BCUT2D eigenvalue weighted by atomic mass is 19.1. The van der Waals surface area contributed by atoms with E-state index in [9.17, 15) is 9.59 Å². The first-order chi connectivity index (χ1) is 22.1. The van der Waals surface area contributed by atoms with Gasteiger partial charge in [0, 0.05) is 41.0 Å². The number of carbonyl (C=O) groups is 1. The molecule has 3 aromatic heterocycles.